The molecule has 1 unspecified atom stereocenters. The normalized spacial score (nSPS) is 24.9. The Morgan fingerprint density at radius 2 is 1.38 bits per heavy atom. The van der Waals surface area contributed by atoms with Gasteiger partial charge in [-0.2, -0.15) is 0 Å². The van der Waals surface area contributed by atoms with Crippen LogP contribution < -0.4 is 0 Å². The molecule has 6 heteroatoms. The molecule has 0 saturated heterocycles. The number of aliphatic hydroxyl groups excluding tert-OH is 2. The Morgan fingerprint density at radius 3 is 1.89 bits per heavy atom. The van der Waals surface area contributed by atoms with E-state index in [0.29, 0.717) is 11.5 Å². The van der Waals surface area contributed by atoms with Gasteiger partial charge in [-0.15, -0.1) is 0 Å². The van der Waals surface area contributed by atoms with Gasteiger partial charge in [0.25, 0.3) is 0 Å². The number of ether oxygens (including phenoxy) is 2. The van der Waals surface area contributed by atoms with E-state index < -0.39 is 17.9 Å². The van der Waals surface area contributed by atoms with Crippen LogP contribution in [-0.4, -0.2) is 48.6 Å². The maximum atomic E-state index is 12.5. The molecular weight excluding hydrogens is 468 g/mol. The second-order valence-corrected chi connectivity index (χ2v) is 11.7. The highest BCUT2D eigenvalue weighted by molar-refractivity contribution is 5.88. The first-order valence-corrected chi connectivity index (χ1v) is 14.7. The molecule has 1 atom stereocenters. The molecule has 0 bridgehead atoms. The predicted octanol–water partition coefficient (Wildman–Crippen LogP) is 6.01. The Labute approximate surface area is 224 Å². The van der Waals surface area contributed by atoms with Crippen molar-refractivity contribution in [3.8, 4) is 0 Å². The van der Waals surface area contributed by atoms with Gasteiger partial charge in [-0.05, 0) is 75.5 Å². The van der Waals surface area contributed by atoms with Gasteiger partial charge >= 0.3 is 11.9 Å². The van der Waals surface area contributed by atoms with Crippen LogP contribution in [0.1, 0.15) is 97.3 Å². The van der Waals surface area contributed by atoms with Crippen molar-refractivity contribution >= 4 is 11.9 Å². The third-order valence-corrected chi connectivity index (χ3v) is 8.80. The van der Waals surface area contributed by atoms with Gasteiger partial charge in [0.2, 0.25) is 0 Å². The third-order valence-electron chi connectivity index (χ3n) is 8.80. The van der Waals surface area contributed by atoms with Crippen molar-refractivity contribution in [2.24, 2.45) is 35.5 Å². The molecule has 0 spiro atoms. The fourth-order valence-corrected chi connectivity index (χ4v) is 6.25. The minimum absolute atomic E-state index is 0.0678. The smallest absolute Gasteiger partial charge is 0.333 e. The summed E-state index contributed by atoms with van der Waals surface area (Å²) in [6.07, 6.45) is 15.7. The molecule has 0 aromatic rings. The highest BCUT2D eigenvalue weighted by Gasteiger charge is 2.34. The molecule has 0 heterocycles. The molecule has 2 rings (SSSR count). The number of unbranched alkanes of at least 4 members (excludes halogenated alkanes) is 2. The lowest BCUT2D eigenvalue weighted by Crippen LogP contribution is -2.33. The van der Waals surface area contributed by atoms with E-state index in [1.165, 1.54) is 64.2 Å². The molecule has 0 aromatic heterocycles. The topological polar surface area (TPSA) is 93.1 Å². The maximum absolute atomic E-state index is 12.5. The molecule has 0 radical (unpaired) electrons. The van der Waals surface area contributed by atoms with Crippen molar-refractivity contribution in [2.45, 2.75) is 97.3 Å². The van der Waals surface area contributed by atoms with Crippen LogP contribution in [0.2, 0.25) is 0 Å². The second kappa shape index (κ2) is 17.0. The number of esters is 2. The largest absolute Gasteiger partial charge is 0.462 e. The summed E-state index contributed by atoms with van der Waals surface area (Å²) in [5.41, 5.74) is 0.594. The molecular formula is C31H52O6. The van der Waals surface area contributed by atoms with E-state index >= 15 is 0 Å². The molecule has 37 heavy (non-hydrogen) atoms. The highest BCUT2D eigenvalue weighted by Crippen LogP contribution is 2.43. The van der Waals surface area contributed by atoms with Crippen molar-refractivity contribution in [3.05, 3.63) is 24.3 Å². The van der Waals surface area contributed by atoms with Crippen LogP contribution >= 0.6 is 0 Å². The van der Waals surface area contributed by atoms with Crippen LogP contribution in [-0.2, 0) is 19.1 Å². The Morgan fingerprint density at radius 1 is 0.838 bits per heavy atom. The maximum Gasteiger partial charge on any atom is 0.333 e. The van der Waals surface area contributed by atoms with Crippen molar-refractivity contribution in [3.63, 3.8) is 0 Å². The summed E-state index contributed by atoms with van der Waals surface area (Å²) in [5.74, 6) is 1.46. The minimum atomic E-state index is -0.521. The van der Waals surface area contributed by atoms with Crippen molar-refractivity contribution in [1.29, 1.82) is 0 Å². The van der Waals surface area contributed by atoms with E-state index in [4.69, 9.17) is 9.47 Å². The number of hydrogen-bond acceptors (Lipinski definition) is 6. The summed E-state index contributed by atoms with van der Waals surface area (Å²) < 4.78 is 11.1. The summed E-state index contributed by atoms with van der Waals surface area (Å²) in [7, 11) is 0. The molecule has 0 aliphatic heterocycles. The van der Waals surface area contributed by atoms with Gasteiger partial charge in [0.1, 0.15) is 0 Å². The first-order chi connectivity index (χ1) is 17.8. The van der Waals surface area contributed by atoms with Gasteiger partial charge in [-0.1, -0.05) is 58.6 Å². The van der Waals surface area contributed by atoms with E-state index in [0.717, 1.165) is 30.6 Å². The average Bonchev–Trinajstić information content (AvgIpc) is 2.91. The zero-order valence-corrected chi connectivity index (χ0v) is 23.4. The van der Waals surface area contributed by atoms with Crippen molar-refractivity contribution in [1.82, 2.24) is 0 Å². The number of aliphatic hydroxyl groups is 2. The molecule has 2 aliphatic carbocycles. The van der Waals surface area contributed by atoms with E-state index in [1.807, 2.05) is 0 Å². The SMILES string of the molecule is C=C(C)C(=O)OCC(COC(=O)C(=C)CC(CO)CO)C1CCC(C2CCC(CCCCC)CC2)CC1. The molecule has 2 aliphatic rings. The minimum Gasteiger partial charge on any atom is -0.462 e. The number of carbonyl (C=O) groups is 2. The van der Waals surface area contributed by atoms with E-state index in [2.05, 4.69) is 20.1 Å². The zero-order chi connectivity index (χ0) is 27.2. The molecule has 2 N–H and O–H groups in total. The van der Waals surface area contributed by atoms with Gasteiger partial charge in [-0.3, -0.25) is 0 Å². The standard InChI is InChI=1S/C31H52O6/c1-5-6-7-8-24-9-11-26(12-10-24)27-13-15-28(16-14-27)29(20-36-30(34)22(2)3)21-37-31(35)23(4)17-25(18-32)19-33/h24-29,32-33H,2,4-21H2,1,3H3. The molecule has 2 saturated carbocycles. The Bertz CT molecular complexity index is 711. The third kappa shape index (κ3) is 10.9. The molecule has 6 nitrogen and oxygen atoms in total. The summed E-state index contributed by atoms with van der Waals surface area (Å²) >= 11 is 0. The van der Waals surface area contributed by atoms with Crippen LogP contribution in [0.25, 0.3) is 0 Å². The number of carbonyl (C=O) groups excluding carboxylic acids is 2. The molecule has 0 amide bonds. The van der Waals surface area contributed by atoms with E-state index in [-0.39, 0.29) is 44.3 Å². The van der Waals surface area contributed by atoms with Gasteiger partial charge < -0.3 is 19.7 Å². The quantitative estimate of drug-likeness (QED) is 0.147. The number of hydrogen-bond donors (Lipinski definition) is 2. The summed E-state index contributed by atoms with van der Waals surface area (Å²) in [6.45, 7) is 11.3. The zero-order valence-electron chi connectivity index (χ0n) is 23.4. The fraction of sp³-hybridized carbons (Fsp3) is 0.806. The molecule has 0 aromatic carbocycles. The first kappa shape index (κ1) is 31.6. The molecule has 212 valence electrons. The van der Waals surface area contributed by atoms with Crippen molar-refractivity contribution < 1.29 is 29.3 Å². The molecule has 2 fully saturated rings. The van der Waals surface area contributed by atoms with Crippen LogP contribution in [0.15, 0.2) is 24.3 Å². The highest BCUT2D eigenvalue weighted by atomic mass is 16.5. The Balaban J connectivity index is 1.86. The lowest BCUT2D eigenvalue weighted by atomic mass is 9.67. The number of rotatable bonds is 16. The van der Waals surface area contributed by atoms with Gasteiger partial charge in [-0.25, -0.2) is 9.59 Å². The average molecular weight is 521 g/mol. The van der Waals surface area contributed by atoms with Gasteiger partial charge in [0, 0.05) is 36.2 Å². The summed E-state index contributed by atoms with van der Waals surface area (Å²) in [4.78, 5) is 24.5. The first-order valence-electron chi connectivity index (χ1n) is 14.7. The second-order valence-electron chi connectivity index (χ2n) is 11.7. The summed E-state index contributed by atoms with van der Waals surface area (Å²) in [6, 6.07) is 0. The lowest BCUT2D eigenvalue weighted by Gasteiger charge is -2.39. The van der Waals surface area contributed by atoms with Gasteiger partial charge in [0.15, 0.2) is 0 Å². The predicted molar refractivity (Wildman–Crippen MR) is 147 cm³/mol. The van der Waals surface area contributed by atoms with Crippen LogP contribution in [0.4, 0.5) is 0 Å². The van der Waals surface area contributed by atoms with Crippen molar-refractivity contribution in [2.75, 3.05) is 26.4 Å². The summed E-state index contributed by atoms with van der Waals surface area (Å²) in [5, 5.41) is 18.6. The van der Waals surface area contributed by atoms with Crippen LogP contribution in [0.3, 0.4) is 0 Å². The fourth-order valence-electron chi connectivity index (χ4n) is 6.25. The van der Waals surface area contributed by atoms with Gasteiger partial charge in [0.05, 0.1) is 13.2 Å². The lowest BCUT2D eigenvalue weighted by molar-refractivity contribution is -0.146. The Hall–Kier alpha value is -1.66. The van der Waals surface area contributed by atoms with E-state index in [1.54, 1.807) is 6.92 Å². The van der Waals surface area contributed by atoms with E-state index in [9.17, 15) is 19.8 Å². The Kier molecular flexibility index (Phi) is 14.5. The monoisotopic (exact) mass is 520 g/mol. The van der Waals surface area contributed by atoms with Crippen LogP contribution in [0, 0.1) is 35.5 Å². The van der Waals surface area contributed by atoms with Crippen LogP contribution in [0.5, 0.6) is 0 Å².